The zero-order valence-electron chi connectivity index (χ0n) is 10.9. The predicted octanol–water partition coefficient (Wildman–Crippen LogP) is 3.08. The lowest BCUT2D eigenvalue weighted by atomic mass is 9.92. The molecule has 18 heavy (non-hydrogen) atoms. The highest BCUT2D eigenvalue weighted by Gasteiger charge is 2.19. The second kappa shape index (κ2) is 5.89. The van der Waals surface area contributed by atoms with Gasteiger partial charge in [0.15, 0.2) is 0 Å². The molecule has 0 aromatic heterocycles. The molecule has 3 heteroatoms. The number of anilines is 1. The second-order valence-corrected chi connectivity index (χ2v) is 5.20. The summed E-state index contributed by atoms with van der Waals surface area (Å²) in [6.45, 7) is 4.21. The molecule has 0 bridgehead atoms. The Morgan fingerprint density at radius 1 is 1.39 bits per heavy atom. The molecular weight excluding hydrogens is 226 g/mol. The summed E-state index contributed by atoms with van der Waals surface area (Å²) in [6.07, 6.45) is 3.37. The topological polar surface area (TPSA) is 40.5 Å². The number of hydrogen-bond donors (Lipinski definition) is 1. The number of aliphatic carboxylic acids is 1. The van der Waals surface area contributed by atoms with Gasteiger partial charge in [0.05, 0.1) is 0 Å². The third-order valence-electron chi connectivity index (χ3n) is 3.75. The number of hydrogen-bond acceptors (Lipinski definition) is 2. The Kier molecular flexibility index (Phi) is 4.24. The van der Waals surface area contributed by atoms with Crippen LogP contribution >= 0.6 is 0 Å². The van der Waals surface area contributed by atoms with Crippen molar-refractivity contribution in [2.75, 3.05) is 18.0 Å². The van der Waals surface area contributed by atoms with E-state index in [0.717, 1.165) is 32.4 Å². The van der Waals surface area contributed by atoms with Crippen molar-refractivity contribution in [3.05, 3.63) is 29.8 Å². The average Bonchev–Trinajstić information content (AvgIpc) is 2.37. The lowest BCUT2D eigenvalue weighted by molar-refractivity contribution is -0.137. The van der Waals surface area contributed by atoms with E-state index in [9.17, 15) is 4.79 Å². The standard InChI is InChI=1S/C15H21NO2/c1-12-3-2-4-14(11-12)16-9-7-13(8-10-16)5-6-15(17)18/h2-4,11,13H,5-10H2,1H3,(H,17,18). The molecule has 0 atom stereocenters. The SMILES string of the molecule is Cc1cccc(N2CCC(CCC(=O)O)CC2)c1. The van der Waals surface area contributed by atoms with Crippen LogP contribution in [0.2, 0.25) is 0 Å². The summed E-state index contributed by atoms with van der Waals surface area (Å²) in [6, 6.07) is 8.59. The lowest BCUT2D eigenvalue weighted by Crippen LogP contribution is -2.33. The zero-order valence-corrected chi connectivity index (χ0v) is 10.9. The van der Waals surface area contributed by atoms with E-state index in [4.69, 9.17) is 5.11 Å². The van der Waals surface area contributed by atoms with Gasteiger partial charge in [0.25, 0.3) is 0 Å². The number of carboxylic acid groups (broad SMARTS) is 1. The van der Waals surface area contributed by atoms with Crippen molar-refractivity contribution < 1.29 is 9.90 Å². The molecule has 0 radical (unpaired) electrons. The maximum absolute atomic E-state index is 10.6. The molecule has 98 valence electrons. The first-order chi connectivity index (χ1) is 8.65. The molecule has 0 amide bonds. The molecule has 0 saturated carbocycles. The van der Waals surface area contributed by atoms with Crippen molar-refractivity contribution in [1.29, 1.82) is 0 Å². The van der Waals surface area contributed by atoms with Crippen LogP contribution in [-0.2, 0) is 4.79 Å². The molecule has 1 saturated heterocycles. The van der Waals surface area contributed by atoms with Gasteiger partial charge in [-0.3, -0.25) is 4.79 Å². The van der Waals surface area contributed by atoms with Crippen molar-refractivity contribution in [1.82, 2.24) is 0 Å². The van der Waals surface area contributed by atoms with Crippen molar-refractivity contribution in [2.45, 2.75) is 32.6 Å². The number of carboxylic acids is 1. The van der Waals surface area contributed by atoms with Crippen LogP contribution in [0, 0.1) is 12.8 Å². The minimum atomic E-state index is -0.670. The van der Waals surface area contributed by atoms with E-state index < -0.39 is 5.97 Å². The number of rotatable bonds is 4. The molecule has 2 rings (SSSR count). The Balaban J connectivity index is 1.85. The molecule has 1 heterocycles. The Labute approximate surface area is 108 Å². The fourth-order valence-electron chi connectivity index (χ4n) is 2.63. The van der Waals surface area contributed by atoms with E-state index in [1.165, 1.54) is 11.3 Å². The largest absolute Gasteiger partial charge is 0.481 e. The van der Waals surface area contributed by atoms with Crippen LogP contribution < -0.4 is 4.90 Å². The molecule has 1 aromatic carbocycles. The van der Waals surface area contributed by atoms with Gasteiger partial charge in [0, 0.05) is 25.2 Å². The van der Waals surface area contributed by atoms with E-state index >= 15 is 0 Å². The first-order valence-electron chi connectivity index (χ1n) is 6.68. The van der Waals surface area contributed by atoms with Gasteiger partial charge < -0.3 is 10.0 Å². The maximum atomic E-state index is 10.6. The van der Waals surface area contributed by atoms with Crippen molar-refractivity contribution in [3.8, 4) is 0 Å². The van der Waals surface area contributed by atoms with Crippen LogP contribution in [0.1, 0.15) is 31.2 Å². The van der Waals surface area contributed by atoms with Gasteiger partial charge in [0.2, 0.25) is 0 Å². The fraction of sp³-hybridized carbons (Fsp3) is 0.533. The number of piperidine rings is 1. The number of aryl methyl sites for hydroxylation is 1. The molecule has 1 fully saturated rings. The molecule has 0 aliphatic carbocycles. The quantitative estimate of drug-likeness (QED) is 0.889. The molecule has 0 unspecified atom stereocenters. The first-order valence-corrected chi connectivity index (χ1v) is 6.68. The van der Waals surface area contributed by atoms with E-state index in [-0.39, 0.29) is 0 Å². The van der Waals surface area contributed by atoms with Gasteiger partial charge in [-0.2, -0.15) is 0 Å². The van der Waals surface area contributed by atoms with Gasteiger partial charge in [-0.15, -0.1) is 0 Å². The van der Waals surface area contributed by atoms with Gasteiger partial charge in [-0.1, -0.05) is 12.1 Å². The van der Waals surface area contributed by atoms with E-state index in [2.05, 4.69) is 36.1 Å². The highest BCUT2D eigenvalue weighted by molar-refractivity contribution is 5.66. The third-order valence-corrected chi connectivity index (χ3v) is 3.75. The molecule has 0 spiro atoms. The molecule has 1 aliphatic rings. The molecule has 1 aliphatic heterocycles. The number of benzene rings is 1. The zero-order chi connectivity index (χ0) is 13.0. The number of nitrogens with zero attached hydrogens (tertiary/aromatic N) is 1. The van der Waals surface area contributed by atoms with Gasteiger partial charge in [0.1, 0.15) is 0 Å². The fourth-order valence-corrected chi connectivity index (χ4v) is 2.63. The average molecular weight is 247 g/mol. The summed E-state index contributed by atoms with van der Waals surface area (Å²) in [4.78, 5) is 13.0. The Bertz CT molecular complexity index is 409. The van der Waals surface area contributed by atoms with Gasteiger partial charge in [-0.25, -0.2) is 0 Å². The highest BCUT2D eigenvalue weighted by atomic mass is 16.4. The molecule has 1 N–H and O–H groups in total. The highest BCUT2D eigenvalue weighted by Crippen LogP contribution is 2.26. The Morgan fingerprint density at radius 3 is 2.72 bits per heavy atom. The summed E-state index contributed by atoms with van der Waals surface area (Å²) in [7, 11) is 0. The Morgan fingerprint density at radius 2 is 2.11 bits per heavy atom. The minimum Gasteiger partial charge on any atom is -0.481 e. The molecule has 1 aromatic rings. The first kappa shape index (κ1) is 12.9. The molecule has 3 nitrogen and oxygen atoms in total. The van der Waals surface area contributed by atoms with E-state index in [1.54, 1.807) is 0 Å². The van der Waals surface area contributed by atoms with Crippen LogP contribution in [0.25, 0.3) is 0 Å². The normalized spacial score (nSPS) is 16.8. The van der Waals surface area contributed by atoms with Gasteiger partial charge in [-0.05, 0) is 49.8 Å². The predicted molar refractivity (Wildman–Crippen MR) is 73.0 cm³/mol. The minimum absolute atomic E-state index is 0.315. The van der Waals surface area contributed by atoms with E-state index in [0.29, 0.717) is 12.3 Å². The smallest absolute Gasteiger partial charge is 0.303 e. The van der Waals surface area contributed by atoms with Crippen LogP contribution in [0.3, 0.4) is 0 Å². The van der Waals surface area contributed by atoms with Crippen LogP contribution in [0.4, 0.5) is 5.69 Å². The third kappa shape index (κ3) is 3.49. The summed E-state index contributed by atoms with van der Waals surface area (Å²) in [5.74, 6) is -0.0849. The van der Waals surface area contributed by atoms with Crippen LogP contribution in [0.5, 0.6) is 0 Å². The van der Waals surface area contributed by atoms with Crippen molar-refractivity contribution >= 4 is 11.7 Å². The maximum Gasteiger partial charge on any atom is 0.303 e. The van der Waals surface area contributed by atoms with Gasteiger partial charge >= 0.3 is 5.97 Å². The van der Waals surface area contributed by atoms with E-state index in [1.807, 2.05) is 0 Å². The van der Waals surface area contributed by atoms with Crippen molar-refractivity contribution in [3.63, 3.8) is 0 Å². The van der Waals surface area contributed by atoms with Crippen LogP contribution in [-0.4, -0.2) is 24.2 Å². The second-order valence-electron chi connectivity index (χ2n) is 5.20. The summed E-state index contributed by atoms with van der Waals surface area (Å²) in [5, 5.41) is 8.69. The summed E-state index contributed by atoms with van der Waals surface area (Å²) in [5.41, 5.74) is 2.59. The van der Waals surface area contributed by atoms with Crippen LogP contribution in [0.15, 0.2) is 24.3 Å². The van der Waals surface area contributed by atoms with Crippen molar-refractivity contribution in [2.24, 2.45) is 5.92 Å². The lowest BCUT2D eigenvalue weighted by Gasteiger charge is -2.33. The molecular formula is C15H21NO2. The summed E-state index contributed by atoms with van der Waals surface area (Å²) < 4.78 is 0. The monoisotopic (exact) mass is 247 g/mol. The number of carbonyl (C=O) groups is 1. The summed E-state index contributed by atoms with van der Waals surface area (Å²) >= 11 is 0. The Hall–Kier alpha value is -1.51.